The van der Waals surface area contributed by atoms with E-state index in [4.69, 9.17) is 4.74 Å². The first kappa shape index (κ1) is 22.4. The first-order valence-electron chi connectivity index (χ1n) is 9.56. The number of hydrogen-bond acceptors (Lipinski definition) is 4. The van der Waals surface area contributed by atoms with Crippen molar-refractivity contribution in [2.45, 2.75) is 71.9 Å². The number of nitrogens with one attached hydrogen (secondary N) is 3. The summed E-state index contributed by atoms with van der Waals surface area (Å²) in [5.41, 5.74) is -0.739. The Hall–Kier alpha value is -1.63. The Morgan fingerprint density at radius 1 is 1.15 bits per heavy atom. The molecule has 1 aliphatic rings. The van der Waals surface area contributed by atoms with Crippen molar-refractivity contribution in [3.63, 3.8) is 0 Å². The van der Waals surface area contributed by atoms with E-state index >= 15 is 0 Å². The average molecular weight is 370 g/mol. The highest BCUT2D eigenvalue weighted by Crippen LogP contribution is 2.24. The second-order valence-corrected chi connectivity index (χ2v) is 7.90. The van der Waals surface area contributed by atoms with Crippen LogP contribution in [0.5, 0.6) is 0 Å². The van der Waals surface area contributed by atoms with Crippen molar-refractivity contribution in [1.29, 1.82) is 0 Å². The molecule has 0 heterocycles. The fourth-order valence-corrected chi connectivity index (χ4v) is 3.19. The highest BCUT2D eigenvalue weighted by molar-refractivity contribution is 5.88. The smallest absolute Gasteiger partial charge is 0.245 e. The van der Waals surface area contributed by atoms with Crippen molar-refractivity contribution in [2.24, 2.45) is 11.3 Å². The van der Waals surface area contributed by atoms with Gasteiger partial charge in [-0.15, -0.1) is 0 Å². The summed E-state index contributed by atoms with van der Waals surface area (Å²) in [6.45, 7) is 7.46. The second-order valence-electron chi connectivity index (χ2n) is 7.90. The first-order chi connectivity index (χ1) is 12.2. The third-order valence-electron chi connectivity index (χ3n) is 4.98. The van der Waals surface area contributed by atoms with Crippen LogP contribution in [0.25, 0.3) is 0 Å². The number of hydrogen-bond donors (Lipinski definition) is 3. The molecule has 2 atom stereocenters. The summed E-state index contributed by atoms with van der Waals surface area (Å²) in [6.07, 6.45) is 5.61. The SMILES string of the molecule is CNC(=O)C(C)(C)CNC(=O)C(NC(C)=O)[C@@H](C)OCC1CCCCC1. The lowest BCUT2D eigenvalue weighted by molar-refractivity contribution is -0.134. The van der Waals surface area contributed by atoms with Gasteiger partial charge in [0.05, 0.1) is 11.5 Å². The topological polar surface area (TPSA) is 96.5 Å². The standard InChI is InChI=1S/C19H35N3O4/c1-13(26-11-15-9-7-6-8-10-15)16(22-14(2)23)17(24)21-12-19(3,4)18(25)20-5/h13,15-16H,6-12H2,1-5H3,(H,20,25)(H,21,24)(H,22,23)/t13-,16?/m1/s1. The molecule has 7 heteroatoms. The molecule has 7 nitrogen and oxygen atoms in total. The molecule has 1 saturated carbocycles. The van der Waals surface area contributed by atoms with E-state index in [9.17, 15) is 14.4 Å². The summed E-state index contributed by atoms with van der Waals surface area (Å²) in [6, 6.07) is -0.781. The summed E-state index contributed by atoms with van der Waals surface area (Å²) in [7, 11) is 1.56. The lowest BCUT2D eigenvalue weighted by atomic mass is 9.90. The van der Waals surface area contributed by atoms with Gasteiger partial charge in [0.2, 0.25) is 17.7 Å². The lowest BCUT2D eigenvalue weighted by Gasteiger charge is -2.29. The Morgan fingerprint density at radius 3 is 2.31 bits per heavy atom. The molecule has 1 rings (SSSR count). The predicted molar refractivity (Wildman–Crippen MR) is 100 cm³/mol. The van der Waals surface area contributed by atoms with E-state index in [-0.39, 0.29) is 24.3 Å². The van der Waals surface area contributed by atoms with Gasteiger partial charge in [-0.2, -0.15) is 0 Å². The van der Waals surface area contributed by atoms with Gasteiger partial charge in [-0.25, -0.2) is 0 Å². The average Bonchev–Trinajstić information content (AvgIpc) is 2.62. The zero-order valence-electron chi connectivity index (χ0n) is 16.8. The molecule has 0 radical (unpaired) electrons. The minimum atomic E-state index is -0.781. The largest absolute Gasteiger partial charge is 0.376 e. The molecule has 1 unspecified atom stereocenters. The predicted octanol–water partition coefficient (Wildman–Crippen LogP) is 1.36. The van der Waals surface area contributed by atoms with Crippen LogP contribution in [0.4, 0.5) is 0 Å². The van der Waals surface area contributed by atoms with Crippen LogP contribution in [0.15, 0.2) is 0 Å². The number of ether oxygens (including phenoxy) is 1. The maximum Gasteiger partial charge on any atom is 0.245 e. The molecule has 3 N–H and O–H groups in total. The number of amides is 3. The molecular formula is C19H35N3O4. The first-order valence-corrected chi connectivity index (χ1v) is 9.56. The van der Waals surface area contributed by atoms with Crippen LogP contribution in [0.2, 0.25) is 0 Å². The van der Waals surface area contributed by atoms with Crippen LogP contribution < -0.4 is 16.0 Å². The van der Waals surface area contributed by atoms with E-state index in [2.05, 4.69) is 16.0 Å². The molecule has 0 saturated heterocycles. The molecule has 0 aliphatic heterocycles. The number of carbonyl (C=O) groups is 3. The fourth-order valence-electron chi connectivity index (χ4n) is 3.19. The van der Waals surface area contributed by atoms with Crippen molar-refractivity contribution in [3.05, 3.63) is 0 Å². The van der Waals surface area contributed by atoms with Crippen LogP contribution in [0, 0.1) is 11.3 Å². The number of rotatable bonds is 9. The summed E-state index contributed by atoms with van der Waals surface area (Å²) in [5.74, 6) is -0.257. The summed E-state index contributed by atoms with van der Waals surface area (Å²) in [4.78, 5) is 36.0. The van der Waals surface area contributed by atoms with Gasteiger partial charge in [-0.05, 0) is 39.5 Å². The molecule has 0 aromatic rings. The van der Waals surface area contributed by atoms with E-state index in [1.165, 1.54) is 26.2 Å². The van der Waals surface area contributed by atoms with Crippen LogP contribution in [0.1, 0.15) is 59.8 Å². The highest BCUT2D eigenvalue weighted by Gasteiger charge is 2.31. The fraction of sp³-hybridized carbons (Fsp3) is 0.842. The molecule has 3 amide bonds. The zero-order valence-corrected chi connectivity index (χ0v) is 16.8. The van der Waals surface area contributed by atoms with E-state index < -0.39 is 17.6 Å². The van der Waals surface area contributed by atoms with Crippen molar-refractivity contribution >= 4 is 17.7 Å². The van der Waals surface area contributed by atoms with Crippen molar-refractivity contribution in [1.82, 2.24) is 16.0 Å². The summed E-state index contributed by atoms with van der Waals surface area (Å²) >= 11 is 0. The Balaban J connectivity index is 2.61. The summed E-state index contributed by atoms with van der Waals surface area (Å²) < 4.78 is 5.91. The quantitative estimate of drug-likeness (QED) is 0.572. The molecule has 1 fully saturated rings. The summed E-state index contributed by atoms with van der Waals surface area (Å²) in [5, 5.41) is 8.02. The van der Waals surface area contributed by atoms with Crippen LogP contribution in [-0.4, -0.2) is 50.1 Å². The Bertz CT molecular complexity index is 487. The maximum absolute atomic E-state index is 12.6. The Kier molecular flexibility index (Phi) is 9.05. The molecule has 0 aromatic heterocycles. The third-order valence-corrected chi connectivity index (χ3v) is 4.98. The van der Waals surface area contributed by atoms with Crippen LogP contribution >= 0.6 is 0 Å². The van der Waals surface area contributed by atoms with Crippen molar-refractivity contribution in [2.75, 3.05) is 20.2 Å². The van der Waals surface area contributed by atoms with Gasteiger partial charge in [-0.3, -0.25) is 14.4 Å². The molecular weight excluding hydrogens is 334 g/mol. The van der Waals surface area contributed by atoms with Crippen LogP contribution in [-0.2, 0) is 19.1 Å². The molecule has 26 heavy (non-hydrogen) atoms. The monoisotopic (exact) mass is 369 g/mol. The van der Waals surface area contributed by atoms with Gasteiger partial charge >= 0.3 is 0 Å². The van der Waals surface area contributed by atoms with E-state index in [0.29, 0.717) is 12.5 Å². The maximum atomic E-state index is 12.6. The normalized spacial score (nSPS) is 17.9. The lowest BCUT2D eigenvalue weighted by Crippen LogP contribution is -2.55. The zero-order chi connectivity index (χ0) is 19.7. The van der Waals surface area contributed by atoms with E-state index in [1.54, 1.807) is 27.8 Å². The molecule has 0 aromatic carbocycles. The van der Waals surface area contributed by atoms with Crippen molar-refractivity contribution in [3.8, 4) is 0 Å². The third kappa shape index (κ3) is 7.32. The Morgan fingerprint density at radius 2 is 1.77 bits per heavy atom. The van der Waals surface area contributed by atoms with Crippen LogP contribution in [0.3, 0.4) is 0 Å². The van der Waals surface area contributed by atoms with Gasteiger partial charge in [0.15, 0.2) is 0 Å². The number of carbonyl (C=O) groups excluding carboxylic acids is 3. The molecule has 0 bridgehead atoms. The van der Waals surface area contributed by atoms with Gasteiger partial charge < -0.3 is 20.7 Å². The van der Waals surface area contributed by atoms with Gasteiger partial charge in [0.1, 0.15) is 6.04 Å². The highest BCUT2D eigenvalue weighted by atomic mass is 16.5. The molecule has 0 spiro atoms. The van der Waals surface area contributed by atoms with Crippen molar-refractivity contribution < 1.29 is 19.1 Å². The van der Waals surface area contributed by atoms with E-state index in [1.807, 2.05) is 0 Å². The molecule has 150 valence electrons. The Labute approximate surface area is 157 Å². The van der Waals surface area contributed by atoms with Gasteiger partial charge in [0, 0.05) is 27.1 Å². The minimum Gasteiger partial charge on any atom is -0.376 e. The van der Waals surface area contributed by atoms with Gasteiger partial charge in [-0.1, -0.05) is 19.3 Å². The minimum absolute atomic E-state index is 0.157. The van der Waals surface area contributed by atoms with E-state index in [0.717, 1.165) is 12.8 Å². The van der Waals surface area contributed by atoms with Gasteiger partial charge in [0.25, 0.3) is 0 Å². The molecule has 1 aliphatic carbocycles. The second kappa shape index (κ2) is 10.5.